The fraction of sp³-hybridized carbons (Fsp3) is 0.385. The molecule has 3 rings (SSSR count). The standard InChI is InChI=1S/C13H15ClN4/c14-11-4-2-1-3-9(11)7-12-16-13-6-5-10(15)8-18(13)17-12/h1-4,10H,5-8,15H2. The van der Waals surface area contributed by atoms with E-state index in [1.807, 2.05) is 28.9 Å². The number of hydrogen-bond donors (Lipinski definition) is 1. The Labute approximate surface area is 111 Å². The van der Waals surface area contributed by atoms with Gasteiger partial charge in [-0.05, 0) is 18.1 Å². The van der Waals surface area contributed by atoms with Crippen molar-refractivity contribution in [3.8, 4) is 0 Å². The maximum atomic E-state index is 6.14. The molecule has 0 saturated heterocycles. The minimum Gasteiger partial charge on any atom is -0.326 e. The highest BCUT2D eigenvalue weighted by atomic mass is 35.5. The predicted octanol–water partition coefficient (Wildman–Crippen LogP) is 1.80. The van der Waals surface area contributed by atoms with E-state index in [1.165, 1.54) is 0 Å². The van der Waals surface area contributed by atoms with Crippen LogP contribution in [0.1, 0.15) is 23.6 Å². The second kappa shape index (κ2) is 4.71. The first kappa shape index (κ1) is 11.7. The zero-order valence-corrected chi connectivity index (χ0v) is 10.8. The van der Waals surface area contributed by atoms with Gasteiger partial charge in [0.05, 0.1) is 6.54 Å². The van der Waals surface area contributed by atoms with Crippen molar-refractivity contribution in [2.24, 2.45) is 5.73 Å². The van der Waals surface area contributed by atoms with E-state index in [0.29, 0.717) is 6.42 Å². The zero-order chi connectivity index (χ0) is 12.5. The van der Waals surface area contributed by atoms with Crippen molar-refractivity contribution in [1.29, 1.82) is 0 Å². The van der Waals surface area contributed by atoms with Crippen LogP contribution < -0.4 is 5.73 Å². The number of nitrogens with two attached hydrogens (primary N) is 1. The van der Waals surface area contributed by atoms with Crippen LogP contribution >= 0.6 is 11.6 Å². The number of rotatable bonds is 2. The maximum absolute atomic E-state index is 6.14. The van der Waals surface area contributed by atoms with Crippen LogP contribution in [0.3, 0.4) is 0 Å². The van der Waals surface area contributed by atoms with Gasteiger partial charge in [0, 0.05) is 23.9 Å². The van der Waals surface area contributed by atoms with Gasteiger partial charge in [0.1, 0.15) is 5.82 Å². The molecule has 0 amide bonds. The lowest BCUT2D eigenvalue weighted by atomic mass is 10.1. The molecule has 94 valence electrons. The Balaban J connectivity index is 1.84. The Bertz CT molecular complexity index is 564. The largest absolute Gasteiger partial charge is 0.326 e. The number of aryl methyl sites for hydroxylation is 1. The Morgan fingerprint density at radius 1 is 1.39 bits per heavy atom. The van der Waals surface area contributed by atoms with E-state index < -0.39 is 0 Å². The van der Waals surface area contributed by atoms with E-state index in [0.717, 1.165) is 41.6 Å². The molecule has 1 aliphatic rings. The second-order valence-electron chi connectivity index (χ2n) is 4.69. The van der Waals surface area contributed by atoms with Crippen LogP contribution in [-0.4, -0.2) is 20.8 Å². The zero-order valence-electron chi connectivity index (χ0n) is 10.0. The van der Waals surface area contributed by atoms with Crippen molar-refractivity contribution in [1.82, 2.24) is 14.8 Å². The van der Waals surface area contributed by atoms with Crippen molar-refractivity contribution in [2.45, 2.75) is 31.8 Å². The van der Waals surface area contributed by atoms with Gasteiger partial charge in [-0.2, -0.15) is 5.10 Å². The molecule has 0 radical (unpaired) electrons. The normalized spacial score (nSPS) is 18.7. The quantitative estimate of drug-likeness (QED) is 0.898. The highest BCUT2D eigenvalue weighted by Crippen LogP contribution is 2.19. The van der Waals surface area contributed by atoms with Gasteiger partial charge in [-0.15, -0.1) is 0 Å². The molecule has 5 heteroatoms. The third kappa shape index (κ3) is 2.26. The molecular weight excluding hydrogens is 248 g/mol. The highest BCUT2D eigenvalue weighted by molar-refractivity contribution is 6.31. The highest BCUT2D eigenvalue weighted by Gasteiger charge is 2.19. The van der Waals surface area contributed by atoms with Gasteiger partial charge in [0.25, 0.3) is 0 Å². The topological polar surface area (TPSA) is 56.7 Å². The number of fused-ring (bicyclic) bond motifs is 1. The number of benzene rings is 1. The molecule has 2 N–H and O–H groups in total. The fourth-order valence-corrected chi connectivity index (χ4v) is 2.47. The SMILES string of the molecule is NC1CCc2nc(Cc3ccccc3Cl)nn2C1. The molecule has 0 aliphatic carbocycles. The summed E-state index contributed by atoms with van der Waals surface area (Å²) < 4.78 is 1.93. The summed E-state index contributed by atoms with van der Waals surface area (Å²) in [6.45, 7) is 0.769. The first-order valence-electron chi connectivity index (χ1n) is 6.14. The summed E-state index contributed by atoms with van der Waals surface area (Å²) >= 11 is 6.14. The molecule has 18 heavy (non-hydrogen) atoms. The first-order valence-corrected chi connectivity index (χ1v) is 6.52. The molecule has 1 aromatic carbocycles. The Morgan fingerprint density at radius 3 is 3.06 bits per heavy atom. The van der Waals surface area contributed by atoms with Crippen LogP contribution in [0.25, 0.3) is 0 Å². The van der Waals surface area contributed by atoms with E-state index in [1.54, 1.807) is 0 Å². The molecule has 4 nitrogen and oxygen atoms in total. The van der Waals surface area contributed by atoms with Crippen molar-refractivity contribution in [2.75, 3.05) is 0 Å². The number of hydrogen-bond acceptors (Lipinski definition) is 3. The lowest BCUT2D eigenvalue weighted by molar-refractivity contribution is 0.421. The van der Waals surface area contributed by atoms with Crippen molar-refractivity contribution in [3.63, 3.8) is 0 Å². The third-order valence-electron chi connectivity index (χ3n) is 3.24. The van der Waals surface area contributed by atoms with Gasteiger partial charge in [-0.25, -0.2) is 9.67 Å². The summed E-state index contributed by atoms with van der Waals surface area (Å²) in [4.78, 5) is 4.56. The average molecular weight is 263 g/mol. The van der Waals surface area contributed by atoms with Gasteiger partial charge in [-0.1, -0.05) is 29.8 Å². The molecule has 2 aromatic rings. The summed E-state index contributed by atoms with van der Waals surface area (Å²) in [6, 6.07) is 8.01. The maximum Gasteiger partial charge on any atom is 0.155 e. The van der Waals surface area contributed by atoms with Crippen molar-refractivity contribution >= 4 is 11.6 Å². The summed E-state index contributed by atoms with van der Waals surface area (Å²) in [7, 11) is 0. The minimum absolute atomic E-state index is 0.201. The van der Waals surface area contributed by atoms with Crippen LogP contribution in [0.2, 0.25) is 5.02 Å². The Morgan fingerprint density at radius 2 is 2.22 bits per heavy atom. The van der Waals surface area contributed by atoms with Gasteiger partial charge in [-0.3, -0.25) is 0 Å². The van der Waals surface area contributed by atoms with Crippen LogP contribution in [0.15, 0.2) is 24.3 Å². The van der Waals surface area contributed by atoms with E-state index in [9.17, 15) is 0 Å². The molecule has 1 aliphatic heterocycles. The van der Waals surface area contributed by atoms with E-state index >= 15 is 0 Å². The van der Waals surface area contributed by atoms with Crippen LogP contribution in [0, 0.1) is 0 Å². The second-order valence-corrected chi connectivity index (χ2v) is 5.10. The lowest BCUT2D eigenvalue weighted by Crippen LogP contribution is -2.32. The van der Waals surface area contributed by atoms with Gasteiger partial charge in [0.2, 0.25) is 0 Å². The summed E-state index contributed by atoms with van der Waals surface area (Å²) in [5.41, 5.74) is 6.99. The number of halogens is 1. The average Bonchev–Trinajstić information content (AvgIpc) is 2.73. The molecule has 1 aromatic heterocycles. The van der Waals surface area contributed by atoms with Gasteiger partial charge >= 0.3 is 0 Å². The molecule has 1 unspecified atom stereocenters. The monoisotopic (exact) mass is 262 g/mol. The number of aromatic nitrogens is 3. The van der Waals surface area contributed by atoms with Crippen molar-refractivity contribution in [3.05, 3.63) is 46.5 Å². The molecular formula is C13H15ClN4. The van der Waals surface area contributed by atoms with Crippen molar-refractivity contribution < 1.29 is 0 Å². The van der Waals surface area contributed by atoms with Crippen LogP contribution in [-0.2, 0) is 19.4 Å². The third-order valence-corrected chi connectivity index (χ3v) is 3.61. The van der Waals surface area contributed by atoms with E-state index in [2.05, 4.69) is 10.1 Å². The number of nitrogens with zero attached hydrogens (tertiary/aromatic N) is 3. The van der Waals surface area contributed by atoms with Crippen LogP contribution in [0.4, 0.5) is 0 Å². The van der Waals surface area contributed by atoms with E-state index in [-0.39, 0.29) is 6.04 Å². The molecule has 2 heterocycles. The van der Waals surface area contributed by atoms with Gasteiger partial charge in [0.15, 0.2) is 5.82 Å². The first-order chi connectivity index (χ1) is 8.72. The van der Waals surface area contributed by atoms with E-state index in [4.69, 9.17) is 17.3 Å². The molecule has 0 spiro atoms. The lowest BCUT2D eigenvalue weighted by Gasteiger charge is -2.17. The van der Waals surface area contributed by atoms with Crippen LogP contribution in [0.5, 0.6) is 0 Å². The summed E-state index contributed by atoms with van der Waals surface area (Å²) in [5.74, 6) is 1.87. The van der Waals surface area contributed by atoms with Gasteiger partial charge < -0.3 is 5.73 Å². The molecule has 1 atom stereocenters. The summed E-state index contributed by atoms with van der Waals surface area (Å²) in [6.07, 6.45) is 2.58. The summed E-state index contributed by atoms with van der Waals surface area (Å²) in [5, 5.41) is 5.27. The Kier molecular flexibility index (Phi) is 3.06. The molecule has 0 fully saturated rings. The minimum atomic E-state index is 0.201. The predicted molar refractivity (Wildman–Crippen MR) is 70.6 cm³/mol. The smallest absolute Gasteiger partial charge is 0.155 e. The molecule has 0 bridgehead atoms. The molecule has 0 saturated carbocycles. The fourth-order valence-electron chi connectivity index (χ4n) is 2.27. The Hall–Kier alpha value is -1.39.